The zero-order chi connectivity index (χ0) is 19.6. The highest BCUT2D eigenvalue weighted by Gasteiger charge is 2.21. The summed E-state index contributed by atoms with van der Waals surface area (Å²) in [6, 6.07) is 10.4. The molecular formula is C20H29N3O4S. The molecule has 2 aliphatic heterocycles. The number of morpholine rings is 2. The van der Waals surface area contributed by atoms with Crippen LogP contribution in [0.15, 0.2) is 30.3 Å². The van der Waals surface area contributed by atoms with Gasteiger partial charge < -0.3 is 19.7 Å². The van der Waals surface area contributed by atoms with Gasteiger partial charge in [0.1, 0.15) is 0 Å². The molecule has 8 heteroatoms. The zero-order valence-corrected chi connectivity index (χ0v) is 17.0. The Bertz CT molecular complexity index is 625. The number of amides is 2. The van der Waals surface area contributed by atoms with Gasteiger partial charge in [-0.25, -0.2) is 0 Å². The number of carbonyl (C=O) groups excluding carboxylic acids is 2. The fourth-order valence-corrected chi connectivity index (χ4v) is 4.05. The van der Waals surface area contributed by atoms with Gasteiger partial charge in [-0.3, -0.25) is 14.5 Å². The average molecular weight is 408 g/mol. The van der Waals surface area contributed by atoms with Crippen molar-refractivity contribution in [2.24, 2.45) is 0 Å². The first kappa shape index (κ1) is 21.1. The molecule has 0 aliphatic carbocycles. The predicted octanol–water partition coefficient (Wildman–Crippen LogP) is 0.596. The summed E-state index contributed by atoms with van der Waals surface area (Å²) in [7, 11) is 0. The first-order chi connectivity index (χ1) is 13.7. The van der Waals surface area contributed by atoms with Gasteiger partial charge in [0, 0.05) is 39.3 Å². The molecule has 28 heavy (non-hydrogen) atoms. The topological polar surface area (TPSA) is 71.1 Å². The predicted molar refractivity (Wildman–Crippen MR) is 109 cm³/mol. The van der Waals surface area contributed by atoms with Crippen molar-refractivity contribution in [3.8, 4) is 0 Å². The van der Waals surface area contributed by atoms with Crippen molar-refractivity contribution in [2.75, 3.05) is 64.1 Å². The molecule has 0 bridgehead atoms. The molecule has 3 rings (SSSR count). The molecule has 0 spiro atoms. The van der Waals surface area contributed by atoms with E-state index in [-0.39, 0.29) is 23.7 Å². The van der Waals surface area contributed by atoms with Gasteiger partial charge in [0.2, 0.25) is 11.8 Å². The fraction of sp³-hybridized carbons (Fsp3) is 0.600. The maximum atomic E-state index is 12.1. The van der Waals surface area contributed by atoms with Gasteiger partial charge in [0.05, 0.1) is 37.4 Å². The molecule has 0 radical (unpaired) electrons. The second-order valence-electron chi connectivity index (χ2n) is 7.00. The van der Waals surface area contributed by atoms with Crippen molar-refractivity contribution < 1.29 is 19.1 Å². The van der Waals surface area contributed by atoms with Crippen LogP contribution >= 0.6 is 11.8 Å². The highest BCUT2D eigenvalue weighted by molar-refractivity contribution is 8.00. The van der Waals surface area contributed by atoms with Crippen molar-refractivity contribution in [2.45, 2.75) is 12.6 Å². The van der Waals surface area contributed by atoms with Crippen molar-refractivity contribution >= 4 is 23.6 Å². The smallest absolute Gasteiger partial charge is 0.232 e. The van der Waals surface area contributed by atoms with Crippen molar-refractivity contribution in [1.29, 1.82) is 0 Å². The van der Waals surface area contributed by atoms with Crippen LogP contribution in [0.1, 0.15) is 5.56 Å². The van der Waals surface area contributed by atoms with E-state index < -0.39 is 0 Å². The molecule has 2 heterocycles. The lowest BCUT2D eigenvalue weighted by atomic mass is 10.2. The van der Waals surface area contributed by atoms with E-state index in [9.17, 15) is 9.59 Å². The molecule has 1 atom stereocenters. The fourth-order valence-electron chi connectivity index (χ4n) is 3.30. The number of benzene rings is 1. The molecule has 154 valence electrons. The molecule has 1 unspecified atom stereocenters. The Morgan fingerprint density at radius 3 is 2.64 bits per heavy atom. The normalized spacial score (nSPS) is 20.7. The van der Waals surface area contributed by atoms with E-state index in [4.69, 9.17) is 9.47 Å². The summed E-state index contributed by atoms with van der Waals surface area (Å²) in [5.41, 5.74) is 1.29. The first-order valence-corrected chi connectivity index (χ1v) is 10.9. The molecule has 1 aromatic carbocycles. The number of nitrogens with zero attached hydrogens (tertiary/aromatic N) is 2. The van der Waals surface area contributed by atoms with Crippen LogP contribution in [0, 0.1) is 0 Å². The summed E-state index contributed by atoms with van der Waals surface area (Å²) in [5, 5.41) is 2.93. The van der Waals surface area contributed by atoms with Gasteiger partial charge in [-0.05, 0) is 5.56 Å². The van der Waals surface area contributed by atoms with E-state index >= 15 is 0 Å². The molecule has 7 nitrogen and oxygen atoms in total. The van der Waals surface area contributed by atoms with Crippen molar-refractivity contribution in [3.05, 3.63) is 35.9 Å². The van der Waals surface area contributed by atoms with Crippen LogP contribution in [0.4, 0.5) is 0 Å². The van der Waals surface area contributed by atoms with E-state index in [1.165, 1.54) is 17.3 Å². The van der Waals surface area contributed by atoms with Gasteiger partial charge in [0.15, 0.2) is 0 Å². The second kappa shape index (κ2) is 11.4. The lowest BCUT2D eigenvalue weighted by Crippen LogP contribution is -2.47. The quantitative estimate of drug-likeness (QED) is 0.680. The van der Waals surface area contributed by atoms with Crippen LogP contribution in [-0.4, -0.2) is 91.8 Å². The van der Waals surface area contributed by atoms with Crippen molar-refractivity contribution in [1.82, 2.24) is 15.1 Å². The Hall–Kier alpha value is -1.61. The van der Waals surface area contributed by atoms with Crippen LogP contribution in [-0.2, 0) is 25.6 Å². The Morgan fingerprint density at radius 1 is 1.07 bits per heavy atom. The SMILES string of the molecule is O=C(CSCC(=O)N1CCOCC1)NCC1CN(Cc2ccccc2)CCO1. The second-order valence-corrected chi connectivity index (χ2v) is 7.99. The van der Waals surface area contributed by atoms with Gasteiger partial charge in [-0.15, -0.1) is 11.8 Å². The summed E-state index contributed by atoms with van der Waals surface area (Å²) >= 11 is 1.36. The van der Waals surface area contributed by atoms with Gasteiger partial charge in [-0.2, -0.15) is 0 Å². The Balaban J connectivity index is 1.30. The molecule has 2 aliphatic rings. The summed E-state index contributed by atoms with van der Waals surface area (Å²) in [6.07, 6.45) is 0.00129. The minimum atomic E-state index is -0.0523. The van der Waals surface area contributed by atoms with E-state index in [1.807, 2.05) is 6.07 Å². The summed E-state index contributed by atoms with van der Waals surface area (Å²) in [6.45, 7) is 6.26. The maximum absolute atomic E-state index is 12.1. The van der Waals surface area contributed by atoms with Crippen LogP contribution in [0.25, 0.3) is 0 Å². The molecule has 0 saturated carbocycles. The number of rotatable bonds is 8. The Morgan fingerprint density at radius 2 is 1.86 bits per heavy atom. The van der Waals surface area contributed by atoms with Crippen molar-refractivity contribution in [3.63, 3.8) is 0 Å². The largest absolute Gasteiger partial charge is 0.378 e. The highest BCUT2D eigenvalue weighted by atomic mass is 32.2. The average Bonchev–Trinajstić information content (AvgIpc) is 2.74. The zero-order valence-electron chi connectivity index (χ0n) is 16.2. The Kier molecular flexibility index (Phi) is 8.60. The van der Waals surface area contributed by atoms with Crippen LogP contribution in [0.5, 0.6) is 0 Å². The lowest BCUT2D eigenvalue weighted by Gasteiger charge is -2.33. The number of ether oxygens (including phenoxy) is 2. The highest BCUT2D eigenvalue weighted by Crippen LogP contribution is 2.10. The van der Waals surface area contributed by atoms with E-state index in [0.717, 1.165) is 19.6 Å². The lowest BCUT2D eigenvalue weighted by molar-refractivity contribution is -0.132. The minimum absolute atomic E-state index is 0.00129. The molecule has 1 aromatic rings. The third-order valence-electron chi connectivity index (χ3n) is 4.82. The first-order valence-electron chi connectivity index (χ1n) is 9.78. The third-order valence-corrected chi connectivity index (χ3v) is 5.74. The van der Waals surface area contributed by atoms with E-state index in [0.29, 0.717) is 45.2 Å². The monoisotopic (exact) mass is 407 g/mol. The molecule has 1 N–H and O–H groups in total. The summed E-state index contributed by atoms with van der Waals surface area (Å²) in [5.74, 6) is 0.645. The van der Waals surface area contributed by atoms with Crippen LogP contribution < -0.4 is 5.32 Å². The number of nitrogens with one attached hydrogen (secondary N) is 1. The third kappa shape index (κ3) is 7.09. The van der Waals surface area contributed by atoms with Gasteiger partial charge in [-0.1, -0.05) is 30.3 Å². The molecule has 0 aromatic heterocycles. The molecular weight excluding hydrogens is 378 g/mol. The number of thioether (sulfide) groups is 1. The van der Waals surface area contributed by atoms with Gasteiger partial charge >= 0.3 is 0 Å². The summed E-state index contributed by atoms with van der Waals surface area (Å²) < 4.78 is 11.0. The minimum Gasteiger partial charge on any atom is -0.378 e. The number of hydrogen-bond acceptors (Lipinski definition) is 6. The van der Waals surface area contributed by atoms with E-state index in [1.54, 1.807) is 4.90 Å². The van der Waals surface area contributed by atoms with Crippen LogP contribution in [0.3, 0.4) is 0 Å². The summed E-state index contributed by atoms with van der Waals surface area (Å²) in [4.78, 5) is 28.3. The van der Waals surface area contributed by atoms with Crippen LogP contribution in [0.2, 0.25) is 0 Å². The maximum Gasteiger partial charge on any atom is 0.232 e. The van der Waals surface area contributed by atoms with Gasteiger partial charge in [0.25, 0.3) is 0 Å². The number of hydrogen-bond donors (Lipinski definition) is 1. The van der Waals surface area contributed by atoms with E-state index in [2.05, 4.69) is 34.5 Å². The molecule has 2 saturated heterocycles. The Labute approximate surface area is 170 Å². The standard InChI is InChI=1S/C20H29N3O4S/c24-19(15-28-16-20(25)23-7-9-26-10-8-23)21-12-18-14-22(6-11-27-18)13-17-4-2-1-3-5-17/h1-5,18H,6-16H2,(H,21,24). The molecule has 2 fully saturated rings. The molecule has 2 amide bonds. The number of carbonyl (C=O) groups is 2.